The third kappa shape index (κ3) is 32.7. The summed E-state index contributed by atoms with van der Waals surface area (Å²) in [4.78, 5) is 11.5. The molecule has 3 nitrogen and oxygen atoms in total. The van der Waals surface area contributed by atoms with Crippen molar-refractivity contribution in [2.24, 2.45) is 0 Å². The van der Waals surface area contributed by atoms with E-state index in [0.29, 0.717) is 0 Å². The average molecular weight is 613 g/mol. The zero-order valence-corrected chi connectivity index (χ0v) is 30.3. The van der Waals surface area contributed by atoms with E-state index in [1.54, 1.807) is 6.08 Å². The van der Waals surface area contributed by atoms with Gasteiger partial charge in [0.15, 0.2) is 8.32 Å². The van der Waals surface area contributed by atoms with Gasteiger partial charge in [0.2, 0.25) is 8.32 Å². The zero-order chi connectivity index (χ0) is 31.4. The molecule has 0 fully saturated rings. The van der Waals surface area contributed by atoms with Crippen LogP contribution >= 0.6 is 0 Å². The van der Waals surface area contributed by atoms with Crippen molar-refractivity contribution in [3.63, 3.8) is 0 Å². The van der Waals surface area contributed by atoms with Crippen LogP contribution in [0.25, 0.3) is 0 Å². The molecule has 0 heterocycles. The highest BCUT2D eigenvalue weighted by molar-refractivity contribution is 6.71. The van der Waals surface area contributed by atoms with Gasteiger partial charge in [0.25, 0.3) is 0 Å². The fourth-order valence-corrected chi connectivity index (χ4v) is 6.02. The Hall–Kier alpha value is -1.80. The summed E-state index contributed by atoms with van der Waals surface area (Å²) in [6.07, 6.45) is 42.9. The van der Waals surface area contributed by atoms with Gasteiger partial charge in [0.05, 0.1) is 0 Å². The van der Waals surface area contributed by atoms with Gasteiger partial charge in [0, 0.05) is 5.92 Å². The van der Waals surface area contributed by atoms with Gasteiger partial charge in [-0.3, -0.25) is 0 Å². The van der Waals surface area contributed by atoms with E-state index in [0.717, 1.165) is 12.8 Å². The lowest BCUT2D eigenvalue weighted by Gasteiger charge is -2.20. The fraction of sp³-hybridized carbons (Fsp3) is 0.703. The van der Waals surface area contributed by atoms with Gasteiger partial charge in [0.1, 0.15) is 6.10 Å². The van der Waals surface area contributed by atoms with Crippen LogP contribution in [0.2, 0.25) is 39.3 Å². The predicted molar refractivity (Wildman–Crippen MR) is 189 cm³/mol. The molecule has 0 amide bonds. The summed E-state index contributed by atoms with van der Waals surface area (Å²) in [6.45, 7) is 12.5. The number of terminal acetylenes is 1. The van der Waals surface area contributed by atoms with Crippen LogP contribution in [0.4, 0.5) is 0 Å². The summed E-state index contributed by atoms with van der Waals surface area (Å²) in [6, 6.07) is 0. The van der Waals surface area contributed by atoms with E-state index in [2.05, 4.69) is 67.8 Å². The van der Waals surface area contributed by atoms with E-state index in [9.17, 15) is 4.79 Å². The molecule has 0 N–H and O–H groups in total. The Morgan fingerprint density at radius 1 is 0.619 bits per heavy atom. The van der Waals surface area contributed by atoms with E-state index < -0.39 is 22.6 Å². The average Bonchev–Trinajstić information content (AvgIpc) is 2.90. The molecule has 0 aromatic carbocycles. The van der Waals surface area contributed by atoms with E-state index in [1.807, 2.05) is 19.6 Å². The molecular formula is C37H64O3Si2. The Morgan fingerprint density at radius 2 is 1.02 bits per heavy atom. The smallest absolute Gasteiger partial charge is 0.371 e. The van der Waals surface area contributed by atoms with Gasteiger partial charge in [-0.1, -0.05) is 107 Å². The van der Waals surface area contributed by atoms with Gasteiger partial charge in [-0.2, -0.15) is 0 Å². The number of allylic oxidation sites excluding steroid dienone is 5. The van der Waals surface area contributed by atoms with Crippen LogP contribution in [0.3, 0.4) is 0 Å². The molecule has 5 heteroatoms. The first-order valence-corrected chi connectivity index (χ1v) is 23.7. The van der Waals surface area contributed by atoms with Crippen LogP contribution < -0.4 is 0 Å². The highest BCUT2D eigenvalue weighted by Crippen LogP contribution is 2.13. The monoisotopic (exact) mass is 612 g/mol. The number of carbonyl (C=O) groups is 1. The molecule has 0 saturated heterocycles. The molecular weight excluding hydrogens is 549 g/mol. The molecule has 0 aromatic heterocycles. The maximum absolute atomic E-state index is 11.5. The molecule has 0 saturated carbocycles. The quantitative estimate of drug-likeness (QED) is 0.0445. The minimum absolute atomic E-state index is 0.153. The van der Waals surface area contributed by atoms with Crippen LogP contribution in [0.5, 0.6) is 0 Å². The first-order chi connectivity index (χ1) is 20.0. The number of carbonyl (C=O) groups excluding carboxylic acids is 1. The van der Waals surface area contributed by atoms with Crippen molar-refractivity contribution in [3.05, 3.63) is 36.5 Å². The van der Waals surface area contributed by atoms with Gasteiger partial charge in [-0.25, -0.2) is 4.79 Å². The number of hydrogen-bond donors (Lipinski definition) is 0. The van der Waals surface area contributed by atoms with E-state index >= 15 is 0 Å². The molecule has 0 aromatic rings. The Morgan fingerprint density at radius 3 is 1.43 bits per heavy atom. The number of rotatable bonds is 25. The van der Waals surface area contributed by atoms with Crippen molar-refractivity contribution in [2.75, 3.05) is 0 Å². The van der Waals surface area contributed by atoms with Gasteiger partial charge < -0.3 is 8.85 Å². The molecule has 0 radical (unpaired) electrons. The van der Waals surface area contributed by atoms with Crippen molar-refractivity contribution in [1.29, 1.82) is 0 Å². The summed E-state index contributed by atoms with van der Waals surface area (Å²) in [7, 11) is -3.41. The second-order valence-electron chi connectivity index (χ2n) is 13.3. The first kappa shape index (κ1) is 40.2. The lowest BCUT2D eigenvalue weighted by atomic mass is 10.1. The highest BCUT2D eigenvalue weighted by Gasteiger charge is 2.18. The molecule has 1 atom stereocenters. The second kappa shape index (κ2) is 26.8. The topological polar surface area (TPSA) is 35.5 Å². The van der Waals surface area contributed by atoms with Crippen molar-refractivity contribution in [3.8, 4) is 24.2 Å². The summed E-state index contributed by atoms with van der Waals surface area (Å²) >= 11 is 0. The molecule has 0 spiro atoms. The van der Waals surface area contributed by atoms with Crippen LogP contribution in [0, 0.1) is 24.2 Å². The maximum Gasteiger partial charge on any atom is 0.371 e. The minimum atomic E-state index is -1.83. The summed E-state index contributed by atoms with van der Waals surface area (Å²) in [5.41, 5.74) is 0. The lowest BCUT2D eigenvalue weighted by molar-refractivity contribution is -0.128. The molecule has 0 aliphatic carbocycles. The number of unbranched alkanes of at least 4 members (excludes halogenated alkanes) is 17. The molecule has 0 unspecified atom stereocenters. The van der Waals surface area contributed by atoms with Crippen LogP contribution in [0.1, 0.15) is 122 Å². The normalized spacial score (nSPS) is 13.0. The van der Waals surface area contributed by atoms with Crippen molar-refractivity contribution in [2.45, 2.75) is 167 Å². The summed E-state index contributed by atoms with van der Waals surface area (Å²) in [5, 5.41) is 0. The highest BCUT2D eigenvalue weighted by atomic mass is 28.4. The fourth-order valence-electron chi connectivity index (χ4n) is 4.51. The van der Waals surface area contributed by atoms with E-state index in [4.69, 9.17) is 15.3 Å². The van der Waals surface area contributed by atoms with E-state index in [-0.39, 0.29) is 6.10 Å². The molecule has 0 aliphatic heterocycles. The molecule has 238 valence electrons. The van der Waals surface area contributed by atoms with Gasteiger partial charge >= 0.3 is 5.97 Å². The van der Waals surface area contributed by atoms with Gasteiger partial charge in [-0.05, 0) is 103 Å². The molecule has 42 heavy (non-hydrogen) atoms. The Kier molecular flexibility index (Phi) is 25.7. The first-order valence-electron chi connectivity index (χ1n) is 16.9. The lowest BCUT2D eigenvalue weighted by Crippen LogP contribution is -2.30. The standard InChI is InChI=1S/C37H64O3Si2/c1-8-36(39-41(2,3)4)34-32-30-28-26-24-22-20-18-16-14-12-10-9-11-13-15-17-19-21-23-25-27-29-31-33-35-37(38)40-42(5,6)7/h1,10,12,29,31-32,34,36H,9,11,13-28,30H2,2-7H3/b12-10-,31-29-,34-32+/t36-/m0/s1. The van der Waals surface area contributed by atoms with Crippen LogP contribution in [0.15, 0.2) is 36.5 Å². The predicted octanol–water partition coefficient (Wildman–Crippen LogP) is 11.3. The Bertz CT molecular complexity index is 857. The van der Waals surface area contributed by atoms with Crippen molar-refractivity contribution < 1.29 is 13.6 Å². The Balaban J connectivity index is 3.41. The third-order valence-corrected chi connectivity index (χ3v) is 8.39. The summed E-state index contributed by atoms with van der Waals surface area (Å²) < 4.78 is 11.2. The zero-order valence-electron chi connectivity index (χ0n) is 28.3. The van der Waals surface area contributed by atoms with Gasteiger partial charge in [-0.15, -0.1) is 6.42 Å². The second-order valence-corrected chi connectivity index (χ2v) is 22.2. The van der Waals surface area contributed by atoms with E-state index in [1.165, 1.54) is 109 Å². The number of hydrogen-bond acceptors (Lipinski definition) is 3. The largest absolute Gasteiger partial charge is 0.511 e. The van der Waals surface area contributed by atoms with Crippen LogP contribution in [-0.4, -0.2) is 28.7 Å². The SMILES string of the molecule is C#C[C@@H](/C=C/CCCCCCCCC/C=C\CCCCCCCCCC/C=C\C#CC(=O)O[Si](C)(C)C)O[Si](C)(C)C. The molecule has 0 bridgehead atoms. The molecule has 0 rings (SSSR count). The summed E-state index contributed by atoms with van der Waals surface area (Å²) in [5.74, 6) is 7.67. The minimum Gasteiger partial charge on any atom is -0.511 e. The van der Waals surface area contributed by atoms with Crippen molar-refractivity contribution >= 4 is 22.6 Å². The molecule has 0 aliphatic rings. The van der Waals surface area contributed by atoms with Crippen LogP contribution in [-0.2, 0) is 13.6 Å². The maximum atomic E-state index is 11.5. The third-order valence-electron chi connectivity index (χ3n) is 6.63. The Labute approximate surface area is 263 Å². The van der Waals surface area contributed by atoms with Crippen molar-refractivity contribution in [1.82, 2.24) is 0 Å².